The number of hydrogen-bond donors (Lipinski definition) is 0. The van der Waals surface area contributed by atoms with Crippen LogP contribution in [0.4, 0.5) is 0 Å². The Morgan fingerprint density at radius 1 is 0.714 bits per heavy atom. The fourth-order valence-electron chi connectivity index (χ4n) is 4.36. The second-order valence-corrected chi connectivity index (χ2v) is 8.73. The highest BCUT2D eigenvalue weighted by Crippen LogP contribution is 2.29. The summed E-state index contributed by atoms with van der Waals surface area (Å²) in [6.45, 7) is 2.73. The molecule has 0 N–H and O–H groups in total. The van der Waals surface area contributed by atoms with Gasteiger partial charge in [0.25, 0.3) is 11.7 Å². The topological polar surface area (TPSA) is 41.8 Å². The molecule has 0 bridgehead atoms. The largest absolute Gasteiger partial charge is 0.327 e. The highest BCUT2D eigenvalue weighted by Gasteiger charge is 2.29. The highest BCUT2D eigenvalue weighted by atomic mass is 16.2. The molecule has 0 unspecified atom stereocenters. The Labute approximate surface area is 205 Å². The Hall–Kier alpha value is -4.44. The first kappa shape index (κ1) is 22.4. The number of benzene rings is 3. The third kappa shape index (κ3) is 4.78. The molecule has 35 heavy (non-hydrogen) atoms. The van der Waals surface area contributed by atoms with Gasteiger partial charge in [-0.05, 0) is 41.8 Å². The molecule has 5 aromatic rings. The second-order valence-electron chi connectivity index (χ2n) is 8.73. The van der Waals surface area contributed by atoms with Crippen LogP contribution in [0.3, 0.4) is 0 Å². The number of nitrogens with zero attached hydrogens (tertiary/aromatic N) is 2. The van der Waals surface area contributed by atoms with Crippen molar-refractivity contribution in [3.63, 3.8) is 0 Å². The predicted octanol–water partition coefficient (Wildman–Crippen LogP) is 6.33. The van der Waals surface area contributed by atoms with Gasteiger partial charge in [0.2, 0.25) is 0 Å². The molecular formula is C31H26N2O2. The van der Waals surface area contributed by atoms with Crippen molar-refractivity contribution in [1.29, 1.82) is 0 Å². The summed E-state index contributed by atoms with van der Waals surface area (Å²) >= 11 is 0. The molecule has 3 aromatic carbocycles. The summed E-state index contributed by atoms with van der Waals surface area (Å²) < 4.78 is 1.82. The summed E-state index contributed by atoms with van der Waals surface area (Å²) in [6.07, 6.45) is 1.84. The van der Waals surface area contributed by atoms with E-state index in [0.29, 0.717) is 18.8 Å². The number of hydrogen-bond acceptors (Lipinski definition) is 2. The van der Waals surface area contributed by atoms with E-state index in [9.17, 15) is 9.59 Å². The van der Waals surface area contributed by atoms with E-state index in [1.54, 1.807) is 4.90 Å². The number of pyridine rings is 1. The third-order valence-electron chi connectivity index (χ3n) is 6.17. The van der Waals surface area contributed by atoms with Crippen molar-refractivity contribution >= 4 is 17.2 Å². The van der Waals surface area contributed by atoms with Crippen molar-refractivity contribution in [2.24, 2.45) is 0 Å². The second kappa shape index (κ2) is 9.82. The van der Waals surface area contributed by atoms with Crippen LogP contribution >= 0.6 is 0 Å². The summed E-state index contributed by atoms with van der Waals surface area (Å²) in [6, 6.07) is 35.3. The number of carbonyl (C=O) groups is 2. The zero-order chi connectivity index (χ0) is 24.2. The zero-order valence-electron chi connectivity index (χ0n) is 19.6. The number of aromatic nitrogens is 1. The minimum absolute atomic E-state index is 0.351. The van der Waals surface area contributed by atoms with Crippen LogP contribution in [0.25, 0.3) is 16.6 Å². The Morgan fingerprint density at radius 2 is 1.29 bits per heavy atom. The van der Waals surface area contributed by atoms with Crippen molar-refractivity contribution in [1.82, 2.24) is 9.30 Å². The number of Topliss-reactive ketones (excluding diaryl/α,β-unsaturated/α-hetero) is 1. The van der Waals surface area contributed by atoms with Crippen LogP contribution in [0.5, 0.6) is 0 Å². The van der Waals surface area contributed by atoms with Gasteiger partial charge in [0.05, 0.1) is 0 Å². The van der Waals surface area contributed by atoms with Crippen LogP contribution in [0.2, 0.25) is 0 Å². The average Bonchev–Trinajstić information content (AvgIpc) is 3.29. The summed E-state index contributed by atoms with van der Waals surface area (Å²) in [5.74, 6) is -1.03. The van der Waals surface area contributed by atoms with E-state index >= 15 is 0 Å². The van der Waals surface area contributed by atoms with Gasteiger partial charge in [0.1, 0.15) is 5.69 Å². The van der Waals surface area contributed by atoms with Crippen molar-refractivity contribution < 1.29 is 9.59 Å². The third-order valence-corrected chi connectivity index (χ3v) is 6.17. The first-order valence-corrected chi connectivity index (χ1v) is 11.7. The molecule has 172 valence electrons. The van der Waals surface area contributed by atoms with Crippen LogP contribution < -0.4 is 0 Å². The lowest BCUT2D eigenvalue weighted by atomic mass is 10.0. The molecule has 0 aliphatic rings. The van der Waals surface area contributed by atoms with E-state index in [0.717, 1.165) is 33.3 Å². The summed E-state index contributed by atoms with van der Waals surface area (Å²) in [4.78, 5) is 29.3. The molecule has 4 heteroatoms. The lowest BCUT2D eigenvalue weighted by Crippen LogP contribution is -2.36. The van der Waals surface area contributed by atoms with Crippen LogP contribution in [-0.2, 0) is 17.9 Å². The number of rotatable bonds is 7. The Morgan fingerprint density at radius 3 is 1.89 bits per heavy atom. The van der Waals surface area contributed by atoms with Gasteiger partial charge in [0.15, 0.2) is 0 Å². The fraction of sp³-hybridized carbons (Fsp3) is 0.0968. The number of amides is 1. The normalized spacial score (nSPS) is 10.9. The minimum atomic E-state index is -0.519. The average molecular weight is 459 g/mol. The molecule has 0 radical (unpaired) electrons. The summed E-state index contributed by atoms with van der Waals surface area (Å²) in [5, 5.41) is 0. The first-order valence-electron chi connectivity index (χ1n) is 11.7. The smallest absolute Gasteiger partial charge is 0.297 e. The van der Waals surface area contributed by atoms with Gasteiger partial charge >= 0.3 is 0 Å². The minimum Gasteiger partial charge on any atom is -0.327 e. The van der Waals surface area contributed by atoms with Crippen molar-refractivity contribution in [3.05, 3.63) is 138 Å². The molecule has 4 nitrogen and oxygen atoms in total. The highest BCUT2D eigenvalue weighted by molar-refractivity contribution is 6.43. The van der Waals surface area contributed by atoms with Crippen molar-refractivity contribution in [2.75, 3.05) is 0 Å². The molecular weight excluding hydrogens is 432 g/mol. The van der Waals surface area contributed by atoms with Gasteiger partial charge in [-0.2, -0.15) is 0 Å². The molecule has 0 aliphatic heterocycles. The Bertz CT molecular complexity index is 1430. The number of fused-ring (bicyclic) bond motifs is 1. The Balaban J connectivity index is 1.56. The van der Waals surface area contributed by atoms with Gasteiger partial charge in [0, 0.05) is 30.4 Å². The lowest BCUT2D eigenvalue weighted by molar-refractivity contribution is -0.127. The molecule has 0 saturated heterocycles. The molecule has 2 heterocycles. The monoisotopic (exact) mass is 458 g/mol. The van der Waals surface area contributed by atoms with Gasteiger partial charge in [-0.3, -0.25) is 9.59 Å². The molecule has 0 saturated carbocycles. The number of aryl methyl sites for hydroxylation is 1. The molecule has 0 spiro atoms. The molecule has 2 aromatic heterocycles. The van der Waals surface area contributed by atoms with Crippen molar-refractivity contribution in [2.45, 2.75) is 20.0 Å². The summed E-state index contributed by atoms with van der Waals surface area (Å²) in [5.41, 5.74) is 6.02. The van der Waals surface area contributed by atoms with E-state index < -0.39 is 11.7 Å². The maximum absolute atomic E-state index is 13.9. The van der Waals surface area contributed by atoms with Gasteiger partial charge in [-0.15, -0.1) is 0 Å². The SMILES string of the molecule is Cc1ccc(-c2cc3ccccn3c2C(=O)C(=O)N(Cc2ccccc2)Cc2ccccc2)cc1. The van der Waals surface area contributed by atoms with Gasteiger partial charge < -0.3 is 9.30 Å². The molecule has 0 aliphatic carbocycles. The zero-order valence-corrected chi connectivity index (χ0v) is 19.6. The fourth-order valence-corrected chi connectivity index (χ4v) is 4.36. The maximum atomic E-state index is 13.9. The number of ketones is 1. The quantitative estimate of drug-likeness (QED) is 0.211. The van der Waals surface area contributed by atoms with Crippen molar-refractivity contribution in [3.8, 4) is 11.1 Å². The molecule has 0 atom stereocenters. The van der Waals surface area contributed by atoms with Crippen LogP contribution in [-0.4, -0.2) is 21.0 Å². The van der Waals surface area contributed by atoms with E-state index in [4.69, 9.17) is 0 Å². The van der Waals surface area contributed by atoms with Crippen LogP contribution in [0.15, 0.2) is 115 Å². The van der Waals surface area contributed by atoms with Crippen LogP contribution in [0.1, 0.15) is 27.2 Å². The van der Waals surface area contributed by atoms with Gasteiger partial charge in [-0.25, -0.2) is 0 Å². The molecule has 1 amide bonds. The Kier molecular flexibility index (Phi) is 6.27. The van der Waals surface area contributed by atoms with E-state index in [1.807, 2.05) is 127 Å². The van der Waals surface area contributed by atoms with E-state index in [1.165, 1.54) is 0 Å². The standard InChI is InChI=1S/C31H26N2O2/c1-23-15-17-26(18-16-23)28-20-27-14-8-9-19-33(27)29(28)30(34)31(35)32(21-24-10-4-2-5-11-24)22-25-12-6-3-7-13-25/h2-20H,21-22H2,1H3. The van der Waals surface area contributed by atoms with E-state index in [-0.39, 0.29) is 0 Å². The van der Waals surface area contributed by atoms with Gasteiger partial charge in [-0.1, -0.05) is 96.6 Å². The molecule has 0 fully saturated rings. The molecule has 5 rings (SSSR count). The lowest BCUT2D eigenvalue weighted by Gasteiger charge is -2.23. The predicted molar refractivity (Wildman–Crippen MR) is 139 cm³/mol. The summed E-state index contributed by atoms with van der Waals surface area (Å²) in [7, 11) is 0. The van der Waals surface area contributed by atoms with Crippen LogP contribution in [0, 0.1) is 6.92 Å². The number of carbonyl (C=O) groups excluding carboxylic acids is 2. The van der Waals surface area contributed by atoms with E-state index in [2.05, 4.69) is 0 Å². The maximum Gasteiger partial charge on any atom is 0.297 e. The first-order chi connectivity index (χ1) is 17.1.